The fourth-order valence-corrected chi connectivity index (χ4v) is 4.14. The van der Waals surface area contributed by atoms with Crippen LogP contribution in [-0.4, -0.2) is 36.6 Å². The van der Waals surface area contributed by atoms with E-state index in [1.54, 1.807) is 0 Å². The Bertz CT molecular complexity index is 235. The number of piperidine rings is 1. The molecule has 4 atom stereocenters. The highest BCUT2D eigenvalue weighted by Gasteiger charge is 2.33. The van der Waals surface area contributed by atoms with Crippen molar-refractivity contribution in [2.24, 2.45) is 11.8 Å². The van der Waals surface area contributed by atoms with Crippen LogP contribution in [0.5, 0.6) is 0 Å². The van der Waals surface area contributed by atoms with Crippen molar-refractivity contribution < 1.29 is 0 Å². The van der Waals surface area contributed by atoms with Gasteiger partial charge in [0, 0.05) is 18.6 Å². The van der Waals surface area contributed by atoms with Gasteiger partial charge in [-0.3, -0.25) is 4.90 Å². The lowest BCUT2D eigenvalue weighted by molar-refractivity contribution is 0.0456. The van der Waals surface area contributed by atoms with E-state index in [4.69, 9.17) is 0 Å². The molecule has 0 aromatic carbocycles. The highest BCUT2D eigenvalue weighted by molar-refractivity contribution is 4.89. The van der Waals surface area contributed by atoms with Gasteiger partial charge in [0.05, 0.1) is 0 Å². The van der Waals surface area contributed by atoms with E-state index in [1.165, 1.54) is 58.2 Å². The minimum Gasteiger partial charge on any atom is -0.315 e. The molecule has 2 heteroatoms. The van der Waals surface area contributed by atoms with Crippen LogP contribution < -0.4 is 5.32 Å². The molecule has 2 fully saturated rings. The Morgan fingerprint density at radius 1 is 1.17 bits per heavy atom. The lowest BCUT2D eigenvalue weighted by atomic mass is 9.78. The normalized spacial score (nSPS) is 38.0. The summed E-state index contributed by atoms with van der Waals surface area (Å²) in [6, 6.07) is 1.66. The molecule has 2 nitrogen and oxygen atoms in total. The van der Waals surface area contributed by atoms with Gasteiger partial charge in [0.15, 0.2) is 0 Å². The van der Waals surface area contributed by atoms with E-state index in [0.717, 1.165) is 23.9 Å². The van der Waals surface area contributed by atoms with Crippen molar-refractivity contribution in [1.82, 2.24) is 10.2 Å². The summed E-state index contributed by atoms with van der Waals surface area (Å²) in [5.74, 6) is 1.84. The molecule has 2 aliphatic rings. The summed E-state index contributed by atoms with van der Waals surface area (Å²) in [6.45, 7) is 11.0. The van der Waals surface area contributed by atoms with E-state index < -0.39 is 0 Å². The van der Waals surface area contributed by atoms with Crippen LogP contribution in [0.4, 0.5) is 0 Å². The second kappa shape index (κ2) is 6.91. The Balaban J connectivity index is 1.99. The van der Waals surface area contributed by atoms with Gasteiger partial charge in [-0.15, -0.1) is 0 Å². The predicted molar refractivity (Wildman–Crippen MR) is 78.9 cm³/mol. The predicted octanol–water partition coefficient (Wildman–Crippen LogP) is 3.28. The van der Waals surface area contributed by atoms with Crippen LogP contribution in [0.25, 0.3) is 0 Å². The molecule has 1 aliphatic heterocycles. The first kappa shape index (κ1) is 14.3. The lowest BCUT2D eigenvalue weighted by Crippen LogP contribution is -2.53. The Morgan fingerprint density at radius 2 is 2.00 bits per heavy atom. The van der Waals surface area contributed by atoms with Crippen molar-refractivity contribution in [1.29, 1.82) is 0 Å². The Hall–Kier alpha value is -0.0800. The van der Waals surface area contributed by atoms with Gasteiger partial charge in [-0.2, -0.15) is 0 Å². The van der Waals surface area contributed by atoms with Gasteiger partial charge in [-0.1, -0.05) is 20.8 Å². The first-order valence-corrected chi connectivity index (χ1v) is 8.18. The molecule has 1 N–H and O–H groups in total. The first-order chi connectivity index (χ1) is 8.72. The van der Waals surface area contributed by atoms with E-state index in [0.29, 0.717) is 0 Å². The molecule has 106 valence electrons. The average Bonchev–Trinajstić information content (AvgIpc) is 2.38. The fourth-order valence-electron chi connectivity index (χ4n) is 4.14. The van der Waals surface area contributed by atoms with Crippen LogP contribution >= 0.6 is 0 Å². The first-order valence-electron chi connectivity index (χ1n) is 8.18. The molecule has 0 aromatic heterocycles. The molecule has 4 unspecified atom stereocenters. The van der Waals surface area contributed by atoms with Crippen LogP contribution in [0.2, 0.25) is 0 Å². The van der Waals surface area contributed by atoms with Gasteiger partial charge in [0.1, 0.15) is 0 Å². The molecule has 0 aromatic rings. The fraction of sp³-hybridized carbons (Fsp3) is 1.00. The van der Waals surface area contributed by atoms with Crippen molar-refractivity contribution in [3.05, 3.63) is 0 Å². The van der Waals surface area contributed by atoms with Gasteiger partial charge in [0.25, 0.3) is 0 Å². The van der Waals surface area contributed by atoms with E-state index in [-0.39, 0.29) is 0 Å². The van der Waals surface area contributed by atoms with Gasteiger partial charge in [0.2, 0.25) is 0 Å². The van der Waals surface area contributed by atoms with Gasteiger partial charge in [-0.25, -0.2) is 0 Å². The molecular formula is C16H32N2. The van der Waals surface area contributed by atoms with Crippen LogP contribution in [0, 0.1) is 11.8 Å². The number of hydrogen-bond acceptors (Lipinski definition) is 2. The van der Waals surface area contributed by atoms with Crippen LogP contribution in [0.3, 0.4) is 0 Å². The quantitative estimate of drug-likeness (QED) is 0.826. The average molecular weight is 252 g/mol. The SMILES string of the molecule is CCCN(C1CCCNC1)C1CCC(C)CC1C. The maximum Gasteiger partial charge on any atom is 0.0224 e. The van der Waals surface area contributed by atoms with Crippen LogP contribution in [-0.2, 0) is 0 Å². The molecule has 0 amide bonds. The third-order valence-electron chi connectivity index (χ3n) is 5.03. The minimum atomic E-state index is 0.805. The Morgan fingerprint density at radius 3 is 2.61 bits per heavy atom. The summed E-state index contributed by atoms with van der Waals surface area (Å²) in [5, 5.41) is 3.59. The molecule has 1 heterocycles. The van der Waals surface area contributed by atoms with E-state index in [1.807, 2.05) is 0 Å². The number of rotatable bonds is 4. The molecule has 1 saturated carbocycles. The zero-order chi connectivity index (χ0) is 13.0. The second-order valence-electron chi connectivity index (χ2n) is 6.70. The van der Waals surface area contributed by atoms with Gasteiger partial charge in [-0.05, 0) is 63.5 Å². The van der Waals surface area contributed by atoms with E-state index in [9.17, 15) is 0 Å². The number of nitrogens with one attached hydrogen (secondary N) is 1. The van der Waals surface area contributed by atoms with Gasteiger partial charge < -0.3 is 5.32 Å². The molecular weight excluding hydrogens is 220 g/mol. The standard InChI is InChI=1S/C16H32N2/c1-4-10-18(15-6-5-9-17-12-15)16-8-7-13(2)11-14(16)3/h13-17H,4-12H2,1-3H3. The zero-order valence-electron chi connectivity index (χ0n) is 12.6. The molecule has 0 bridgehead atoms. The van der Waals surface area contributed by atoms with Crippen molar-refractivity contribution in [2.45, 2.75) is 71.4 Å². The molecule has 18 heavy (non-hydrogen) atoms. The summed E-state index contributed by atoms with van der Waals surface area (Å²) in [6.07, 6.45) is 8.38. The third kappa shape index (κ3) is 3.48. The van der Waals surface area contributed by atoms with E-state index in [2.05, 4.69) is 31.0 Å². The van der Waals surface area contributed by atoms with Crippen molar-refractivity contribution in [2.75, 3.05) is 19.6 Å². The Labute approximate surface area is 114 Å². The summed E-state index contributed by atoms with van der Waals surface area (Å²) in [4.78, 5) is 2.86. The van der Waals surface area contributed by atoms with Crippen LogP contribution in [0.15, 0.2) is 0 Å². The topological polar surface area (TPSA) is 15.3 Å². The maximum absolute atomic E-state index is 3.59. The lowest BCUT2D eigenvalue weighted by Gasteiger charge is -2.45. The summed E-state index contributed by atoms with van der Waals surface area (Å²) in [5.41, 5.74) is 0. The smallest absolute Gasteiger partial charge is 0.0224 e. The van der Waals surface area contributed by atoms with Crippen molar-refractivity contribution in [3.8, 4) is 0 Å². The second-order valence-corrected chi connectivity index (χ2v) is 6.70. The molecule has 0 spiro atoms. The molecule has 2 rings (SSSR count). The Kier molecular flexibility index (Phi) is 5.50. The summed E-state index contributed by atoms with van der Waals surface area (Å²) >= 11 is 0. The largest absolute Gasteiger partial charge is 0.315 e. The number of nitrogens with zero attached hydrogens (tertiary/aromatic N) is 1. The highest BCUT2D eigenvalue weighted by atomic mass is 15.2. The van der Waals surface area contributed by atoms with Gasteiger partial charge >= 0.3 is 0 Å². The minimum absolute atomic E-state index is 0.805. The molecule has 1 saturated heterocycles. The van der Waals surface area contributed by atoms with E-state index >= 15 is 0 Å². The zero-order valence-corrected chi connectivity index (χ0v) is 12.6. The van der Waals surface area contributed by atoms with Crippen LogP contribution in [0.1, 0.15) is 59.3 Å². The summed E-state index contributed by atoms with van der Waals surface area (Å²) < 4.78 is 0. The summed E-state index contributed by atoms with van der Waals surface area (Å²) in [7, 11) is 0. The highest BCUT2D eigenvalue weighted by Crippen LogP contribution is 2.33. The van der Waals surface area contributed by atoms with Crippen molar-refractivity contribution in [3.63, 3.8) is 0 Å². The monoisotopic (exact) mass is 252 g/mol. The third-order valence-corrected chi connectivity index (χ3v) is 5.03. The molecule has 0 radical (unpaired) electrons. The maximum atomic E-state index is 3.59. The van der Waals surface area contributed by atoms with Crippen molar-refractivity contribution >= 4 is 0 Å². The molecule has 1 aliphatic carbocycles. The number of hydrogen-bond donors (Lipinski definition) is 1.